The SMILES string of the molecule is Cc1ccc(NC(=O)C[C@@H]2CCC[C@H]2N)c(F)c1.Cl. The quantitative estimate of drug-likeness (QED) is 0.897. The lowest BCUT2D eigenvalue weighted by Crippen LogP contribution is -2.28. The van der Waals surface area contributed by atoms with Crippen LogP contribution in [0.1, 0.15) is 31.2 Å². The van der Waals surface area contributed by atoms with Crippen molar-refractivity contribution in [3.8, 4) is 0 Å². The van der Waals surface area contributed by atoms with Gasteiger partial charge in [0.05, 0.1) is 5.69 Å². The van der Waals surface area contributed by atoms with Crippen LogP contribution in [0, 0.1) is 18.7 Å². The molecule has 19 heavy (non-hydrogen) atoms. The molecular weight excluding hydrogens is 267 g/mol. The van der Waals surface area contributed by atoms with Crippen LogP contribution in [0.15, 0.2) is 18.2 Å². The first-order valence-corrected chi connectivity index (χ1v) is 6.38. The number of hydrogen-bond donors (Lipinski definition) is 2. The van der Waals surface area contributed by atoms with E-state index in [4.69, 9.17) is 5.73 Å². The maximum absolute atomic E-state index is 13.6. The van der Waals surface area contributed by atoms with Crippen molar-refractivity contribution in [1.82, 2.24) is 0 Å². The molecule has 0 radical (unpaired) electrons. The lowest BCUT2D eigenvalue weighted by atomic mass is 10.00. The summed E-state index contributed by atoms with van der Waals surface area (Å²) in [7, 11) is 0. The molecule has 3 N–H and O–H groups in total. The molecular formula is C14H20ClFN2O. The van der Waals surface area contributed by atoms with E-state index in [9.17, 15) is 9.18 Å². The smallest absolute Gasteiger partial charge is 0.224 e. The summed E-state index contributed by atoms with van der Waals surface area (Å²) < 4.78 is 13.6. The molecule has 1 aliphatic rings. The summed E-state index contributed by atoms with van der Waals surface area (Å²) in [6.07, 6.45) is 3.44. The van der Waals surface area contributed by atoms with Crippen LogP contribution in [0.25, 0.3) is 0 Å². The minimum absolute atomic E-state index is 0. The highest BCUT2D eigenvalue weighted by Crippen LogP contribution is 2.27. The first-order valence-electron chi connectivity index (χ1n) is 6.38. The van der Waals surface area contributed by atoms with Gasteiger partial charge in [-0.1, -0.05) is 12.5 Å². The number of benzene rings is 1. The van der Waals surface area contributed by atoms with Crippen molar-refractivity contribution in [1.29, 1.82) is 0 Å². The highest BCUT2D eigenvalue weighted by Gasteiger charge is 2.26. The van der Waals surface area contributed by atoms with Gasteiger partial charge in [-0.25, -0.2) is 4.39 Å². The molecule has 1 fully saturated rings. The summed E-state index contributed by atoms with van der Waals surface area (Å²) in [5, 5.41) is 2.62. The van der Waals surface area contributed by atoms with Crippen molar-refractivity contribution in [3.05, 3.63) is 29.6 Å². The van der Waals surface area contributed by atoms with E-state index >= 15 is 0 Å². The number of carbonyl (C=O) groups excluding carboxylic acids is 1. The Morgan fingerprint density at radius 3 is 2.79 bits per heavy atom. The Balaban J connectivity index is 0.00000180. The summed E-state index contributed by atoms with van der Waals surface area (Å²) in [5.41, 5.74) is 7.00. The average molecular weight is 287 g/mol. The van der Waals surface area contributed by atoms with Crippen molar-refractivity contribution in [2.24, 2.45) is 11.7 Å². The number of rotatable bonds is 3. The molecule has 1 aromatic carbocycles. The predicted octanol–water partition coefficient (Wildman–Crippen LogP) is 3.01. The van der Waals surface area contributed by atoms with Gasteiger partial charge in [-0.15, -0.1) is 12.4 Å². The molecule has 0 saturated heterocycles. The predicted molar refractivity (Wildman–Crippen MR) is 76.9 cm³/mol. The highest BCUT2D eigenvalue weighted by molar-refractivity contribution is 5.91. The average Bonchev–Trinajstić information content (AvgIpc) is 2.69. The maximum Gasteiger partial charge on any atom is 0.224 e. The van der Waals surface area contributed by atoms with Gasteiger partial charge >= 0.3 is 0 Å². The van der Waals surface area contributed by atoms with Gasteiger partial charge in [-0.05, 0) is 43.4 Å². The van der Waals surface area contributed by atoms with E-state index in [1.807, 2.05) is 6.92 Å². The van der Waals surface area contributed by atoms with Crippen LogP contribution in [0.2, 0.25) is 0 Å². The number of carbonyl (C=O) groups is 1. The molecule has 0 bridgehead atoms. The van der Waals surface area contributed by atoms with E-state index in [1.165, 1.54) is 6.07 Å². The Kier molecular flexibility index (Phi) is 5.76. The molecule has 0 heterocycles. The molecule has 5 heteroatoms. The molecule has 1 amide bonds. The fourth-order valence-corrected chi connectivity index (χ4v) is 2.48. The minimum Gasteiger partial charge on any atom is -0.327 e. The molecule has 2 atom stereocenters. The first-order chi connectivity index (χ1) is 8.56. The number of hydrogen-bond acceptors (Lipinski definition) is 2. The number of anilines is 1. The maximum atomic E-state index is 13.6. The Bertz CT molecular complexity index is 453. The van der Waals surface area contributed by atoms with Gasteiger partial charge < -0.3 is 11.1 Å². The lowest BCUT2D eigenvalue weighted by molar-refractivity contribution is -0.117. The van der Waals surface area contributed by atoms with Crippen LogP contribution in [-0.2, 0) is 4.79 Å². The zero-order chi connectivity index (χ0) is 13.1. The van der Waals surface area contributed by atoms with Crippen LogP contribution in [-0.4, -0.2) is 11.9 Å². The van der Waals surface area contributed by atoms with E-state index in [2.05, 4.69) is 5.32 Å². The van der Waals surface area contributed by atoms with Gasteiger partial charge in [0.1, 0.15) is 5.82 Å². The molecule has 2 rings (SSSR count). The van der Waals surface area contributed by atoms with Crippen LogP contribution in [0.4, 0.5) is 10.1 Å². The van der Waals surface area contributed by atoms with Gasteiger partial charge in [0.15, 0.2) is 0 Å². The van der Waals surface area contributed by atoms with E-state index in [1.54, 1.807) is 12.1 Å². The molecule has 3 nitrogen and oxygen atoms in total. The van der Waals surface area contributed by atoms with E-state index in [-0.39, 0.29) is 41.8 Å². The van der Waals surface area contributed by atoms with Crippen LogP contribution >= 0.6 is 12.4 Å². The van der Waals surface area contributed by atoms with E-state index in [0.29, 0.717) is 6.42 Å². The molecule has 1 saturated carbocycles. The number of amides is 1. The van der Waals surface area contributed by atoms with Crippen LogP contribution < -0.4 is 11.1 Å². The summed E-state index contributed by atoms with van der Waals surface area (Å²) in [6.45, 7) is 1.81. The Labute approximate surface area is 119 Å². The monoisotopic (exact) mass is 286 g/mol. The van der Waals surface area contributed by atoms with E-state index in [0.717, 1.165) is 24.8 Å². The van der Waals surface area contributed by atoms with Crippen LogP contribution in [0.3, 0.4) is 0 Å². The van der Waals surface area contributed by atoms with Crippen LogP contribution in [0.5, 0.6) is 0 Å². The molecule has 0 aromatic heterocycles. The number of aryl methyl sites for hydroxylation is 1. The topological polar surface area (TPSA) is 55.1 Å². The highest BCUT2D eigenvalue weighted by atomic mass is 35.5. The second kappa shape index (κ2) is 6.87. The minimum atomic E-state index is -0.390. The van der Waals surface area contributed by atoms with Gasteiger partial charge in [-0.3, -0.25) is 4.79 Å². The summed E-state index contributed by atoms with van der Waals surface area (Å²) >= 11 is 0. The molecule has 0 unspecified atom stereocenters. The standard InChI is InChI=1S/C14H19FN2O.ClH/c1-9-5-6-13(11(15)7-9)17-14(18)8-10-3-2-4-12(10)16;/h5-7,10,12H,2-4,8,16H2,1H3,(H,17,18);1H/t10-,12+;/m0./s1. The fourth-order valence-electron chi connectivity index (χ4n) is 2.48. The third kappa shape index (κ3) is 4.18. The van der Waals surface area contributed by atoms with Gasteiger partial charge in [0.2, 0.25) is 5.91 Å². The Hall–Kier alpha value is -1.13. The number of nitrogens with one attached hydrogen (secondary N) is 1. The van der Waals surface area contributed by atoms with Crippen molar-refractivity contribution in [2.45, 2.75) is 38.6 Å². The zero-order valence-corrected chi connectivity index (χ0v) is 11.8. The largest absolute Gasteiger partial charge is 0.327 e. The summed E-state index contributed by atoms with van der Waals surface area (Å²) in [5.74, 6) is -0.308. The second-order valence-electron chi connectivity index (χ2n) is 5.09. The molecule has 106 valence electrons. The first kappa shape index (κ1) is 15.9. The zero-order valence-electron chi connectivity index (χ0n) is 11.0. The summed E-state index contributed by atoms with van der Waals surface area (Å²) in [6, 6.07) is 4.90. The normalized spacial score (nSPS) is 21.8. The molecule has 0 aliphatic heterocycles. The van der Waals surface area contributed by atoms with Crippen molar-refractivity contribution >= 4 is 24.0 Å². The number of nitrogens with two attached hydrogens (primary N) is 1. The summed E-state index contributed by atoms with van der Waals surface area (Å²) in [4.78, 5) is 11.8. The molecule has 0 spiro atoms. The van der Waals surface area contributed by atoms with E-state index < -0.39 is 0 Å². The van der Waals surface area contributed by atoms with Gasteiger partial charge in [0, 0.05) is 12.5 Å². The van der Waals surface area contributed by atoms with Crippen molar-refractivity contribution in [2.75, 3.05) is 5.32 Å². The molecule has 1 aromatic rings. The molecule has 1 aliphatic carbocycles. The van der Waals surface area contributed by atoms with Crippen molar-refractivity contribution < 1.29 is 9.18 Å². The third-order valence-corrected chi connectivity index (χ3v) is 3.56. The third-order valence-electron chi connectivity index (χ3n) is 3.56. The van der Waals surface area contributed by atoms with Gasteiger partial charge in [-0.2, -0.15) is 0 Å². The number of halogens is 2. The second-order valence-corrected chi connectivity index (χ2v) is 5.09. The van der Waals surface area contributed by atoms with Crippen molar-refractivity contribution in [3.63, 3.8) is 0 Å². The van der Waals surface area contributed by atoms with Gasteiger partial charge in [0.25, 0.3) is 0 Å². The Morgan fingerprint density at radius 2 is 2.21 bits per heavy atom. The Morgan fingerprint density at radius 1 is 1.47 bits per heavy atom. The lowest BCUT2D eigenvalue weighted by Gasteiger charge is -2.15. The fraction of sp³-hybridized carbons (Fsp3) is 0.500.